The summed E-state index contributed by atoms with van der Waals surface area (Å²) in [6.07, 6.45) is 7.54. The van der Waals surface area contributed by atoms with Crippen molar-refractivity contribution in [1.82, 2.24) is 9.47 Å². The van der Waals surface area contributed by atoms with Gasteiger partial charge in [0.2, 0.25) is 0 Å². The summed E-state index contributed by atoms with van der Waals surface area (Å²) in [7, 11) is 0. The number of nitrogens with zero attached hydrogens (tertiary/aromatic N) is 2. The van der Waals surface area contributed by atoms with Crippen molar-refractivity contribution in [2.75, 3.05) is 19.6 Å². The molecule has 0 bridgehead atoms. The highest BCUT2D eigenvalue weighted by molar-refractivity contribution is 5.96. The van der Waals surface area contributed by atoms with Gasteiger partial charge in [-0.2, -0.15) is 0 Å². The second-order valence-corrected chi connectivity index (χ2v) is 7.09. The van der Waals surface area contributed by atoms with Crippen molar-refractivity contribution in [1.29, 1.82) is 0 Å². The van der Waals surface area contributed by atoms with Crippen molar-refractivity contribution in [3.63, 3.8) is 0 Å². The molecule has 0 radical (unpaired) electrons. The Balaban J connectivity index is 1.81. The summed E-state index contributed by atoms with van der Waals surface area (Å²) >= 11 is 0. The largest absolute Gasteiger partial charge is 0.345 e. The van der Waals surface area contributed by atoms with E-state index in [1.807, 2.05) is 4.90 Å². The third kappa shape index (κ3) is 2.81. The van der Waals surface area contributed by atoms with E-state index in [1.54, 1.807) is 0 Å². The zero-order valence-corrected chi connectivity index (χ0v) is 14.0. The van der Waals surface area contributed by atoms with Crippen LogP contribution >= 0.6 is 0 Å². The van der Waals surface area contributed by atoms with Crippen LogP contribution in [0.5, 0.6) is 0 Å². The maximum atomic E-state index is 12.8. The average Bonchev–Trinajstić information content (AvgIpc) is 3.12. The summed E-state index contributed by atoms with van der Waals surface area (Å²) in [5.74, 6) is 0.678. The maximum Gasteiger partial charge on any atom is 0.255 e. The number of amides is 1. The first-order chi connectivity index (χ1) is 10.6. The molecule has 2 heterocycles. The Kier molecular flexibility index (Phi) is 4.57. The second kappa shape index (κ2) is 6.45. The van der Waals surface area contributed by atoms with Gasteiger partial charge in [-0.05, 0) is 51.6 Å². The molecule has 1 saturated carbocycles. The van der Waals surface area contributed by atoms with Crippen molar-refractivity contribution in [3.05, 3.63) is 23.0 Å². The molecular weight excluding hydrogens is 274 g/mol. The Hall–Kier alpha value is -1.29. The average molecular weight is 303 g/mol. The number of aryl methyl sites for hydroxylation is 1. The molecule has 1 aliphatic carbocycles. The summed E-state index contributed by atoms with van der Waals surface area (Å²) in [5, 5.41) is 0. The molecule has 122 valence electrons. The molecule has 3 rings (SSSR count). The van der Waals surface area contributed by atoms with Gasteiger partial charge >= 0.3 is 0 Å². The van der Waals surface area contributed by atoms with Crippen LogP contribution in [0.1, 0.15) is 66.3 Å². The quantitative estimate of drug-likeness (QED) is 0.933. The van der Waals surface area contributed by atoms with Crippen LogP contribution in [-0.4, -0.2) is 35.0 Å². The fourth-order valence-electron chi connectivity index (χ4n) is 4.27. The number of rotatable bonds is 3. The summed E-state index contributed by atoms with van der Waals surface area (Å²) in [5.41, 5.74) is 9.05. The molecule has 2 N–H and O–H groups in total. The fourth-order valence-corrected chi connectivity index (χ4v) is 4.27. The van der Waals surface area contributed by atoms with E-state index in [2.05, 4.69) is 24.5 Å². The third-order valence-electron chi connectivity index (χ3n) is 5.56. The van der Waals surface area contributed by atoms with Gasteiger partial charge < -0.3 is 15.2 Å². The number of nitrogens with two attached hydrogens (primary N) is 1. The smallest absolute Gasteiger partial charge is 0.255 e. The van der Waals surface area contributed by atoms with Crippen LogP contribution in [0.25, 0.3) is 0 Å². The first-order valence-electron chi connectivity index (χ1n) is 8.79. The van der Waals surface area contributed by atoms with E-state index in [9.17, 15) is 4.79 Å². The minimum atomic E-state index is 0.200. The monoisotopic (exact) mass is 303 g/mol. The lowest BCUT2D eigenvalue weighted by Crippen LogP contribution is -2.30. The molecule has 1 amide bonds. The van der Waals surface area contributed by atoms with Crippen LogP contribution < -0.4 is 5.73 Å². The van der Waals surface area contributed by atoms with E-state index in [1.165, 1.54) is 37.8 Å². The van der Waals surface area contributed by atoms with Gasteiger partial charge in [-0.25, -0.2) is 0 Å². The number of carbonyl (C=O) groups excluding carboxylic acids is 1. The fraction of sp³-hybridized carbons (Fsp3) is 0.722. The van der Waals surface area contributed by atoms with E-state index < -0.39 is 0 Å². The predicted molar refractivity (Wildman–Crippen MR) is 89.1 cm³/mol. The Morgan fingerprint density at radius 2 is 1.95 bits per heavy atom. The summed E-state index contributed by atoms with van der Waals surface area (Å²) < 4.78 is 2.42. The molecule has 1 atom stereocenters. The lowest BCUT2D eigenvalue weighted by molar-refractivity contribution is 0.0786. The molecule has 22 heavy (non-hydrogen) atoms. The van der Waals surface area contributed by atoms with Gasteiger partial charge in [0.25, 0.3) is 5.91 Å². The minimum Gasteiger partial charge on any atom is -0.345 e. The van der Waals surface area contributed by atoms with Crippen molar-refractivity contribution in [2.45, 2.75) is 58.4 Å². The molecule has 2 aliphatic rings. The number of hydrogen-bond acceptors (Lipinski definition) is 2. The summed E-state index contributed by atoms with van der Waals surface area (Å²) in [6.45, 7) is 6.62. The molecule has 1 aliphatic heterocycles. The van der Waals surface area contributed by atoms with Gasteiger partial charge in [0.1, 0.15) is 0 Å². The molecule has 1 aromatic rings. The normalized spacial score (nSPS) is 23.2. The molecule has 1 saturated heterocycles. The Morgan fingerprint density at radius 1 is 1.23 bits per heavy atom. The lowest BCUT2D eigenvalue weighted by Gasteiger charge is -2.26. The van der Waals surface area contributed by atoms with E-state index in [-0.39, 0.29) is 5.91 Å². The van der Waals surface area contributed by atoms with E-state index in [0.29, 0.717) is 18.5 Å². The molecular formula is C18H29N3O. The summed E-state index contributed by atoms with van der Waals surface area (Å²) in [4.78, 5) is 14.8. The Bertz CT molecular complexity index is 543. The van der Waals surface area contributed by atoms with E-state index in [4.69, 9.17) is 5.73 Å². The zero-order chi connectivity index (χ0) is 15.7. The number of hydrogen-bond donors (Lipinski definition) is 1. The zero-order valence-electron chi connectivity index (χ0n) is 14.0. The van der Waals surface area contributed by atoms with Crippen molar-refractivity contribution >= 4 is 5.91 Å². The highest BCUT2D eigenvalue weighted by Gasteiger charge is 2.29. The van der Waals surface area contributed by atoms with Crippen LogP contribution in [0.4, 0.5) is 0 Å². The Labute approximate surface area is 133 Å². The van der Waals surface area contributed by atoms with E-state index in [0.717, 1.165) is 30.8 Å². The first kappa shape index (κ1) is 15.6. The van der Waals surface area contributed by atoms with Crippen LogP contribution in [0.3, 0.4) is 0 Å². The molecule has 4 nitrogen and oxygen atoms in total. The van der Waals surface area contributed by atoms with Gasteiger partial charge in [0.05, 0.1) is 5.56 Å². The van der Waals surface area contributed by atoms with Gasteiger partial charge in [-0.1, -0.05) is 19.3 Å². The third-order valence-corrected chi connectivity index (χ3v) is 5.56. The SMILES string of the molecule is Cc1cc(C(=O)N2CC[C@H](CN)C2)c(C)n1C1CCCCC1. The van der Waals surface area contributed by atoms with Crippen molar-refractivity contribution in [3.8, 4) is 0 Å². The predicted octanol–water partition coefficient (Wildman–Crippen LogP) is 3.03. The van der Waals surface area contributed by atoms with Crippen molar-refractivity contribution in [2.24, 2.45) is 11.7 Å². The summed E-state index contributed by atoms with van der Waals surface area (Å²) in [6, 6.07) is 2.69. The number of aromatic nitrogens is 1. The lowest BCUT2D eigenvalue weighted by atomic mass is 9.95. The maximum absolute atomic E-state index is 12.8. The van der Waals surface area contributed by atoms with Gasteiger partial charge in [0, 0.05) is 30.5 Å². The van der Waals surface area contributed by atoms with Crippen molar-refractivity contribution < 1.29 is 4.79 Å². The van der Waals surface area contributed by atoms with Gasteiger partial charge in [-0.3, -0.25) is 4.79 Å². The molecule has 4 heteroatoms. The molecule has 0 unspecified atom stereocenters. The first-order valence-corrected chi connectivity index (χ1v) is 8.79. The van der Waals surface area contributed by atoms with Crippen LogP contribution in [0, 0.1) is 19.8 Å². The van der Waals surface area contributed by atoms with E-state index >= 15 is 0 Å². The Morgan fingerprint density at radius 3 is 2.59 bits per heavy atom. The van der Waals surface area contributed by atoms with Gasteiger partial charge in [0.15, 0.2) is 0 Å². The molecule has 0 spiro atoms. The highest BCUT2D eigenvalue weighted by Crippen LogP contribution is 2.32. The minimum absolute atomic E-state index is 0.200. The number of likely N-dealkylation sites (tertiary alicyclic amines) is 1. The van der Waals surface area contributed by atoms with Gasteiger partial charge in [-0.15, -0.1) is 0 Å². The molecule has 1 aromatic heterocycles. The number of carbonyl (C=O) groups is 1. The second-order valence-electron chi connectivity index (χ2n) is 7.09. The van der Waals surface area contributed by atoms with Crippen LogP contribution in [-0.2, 0) is 0 Å². The van der Waals surface area contributed by atoms with Crippen LogP contribution in [0.15, 0.2) is 6.07 Å². The van der Waals surface area contributed by atoms with Crippen LogP contribution in [0.2, 0.25) is 0 Å². The molecule has 2 fully saturated rings. The topological polar surface area (TPSA) is 51.3 Å². The molecule has 0 aromatic carbocycles. The standard InChI is InChI=1S/C18H29N3O/c1-13-10-17(18(22)20-9-8-15(11-19)12-20)14(2)21(13)16-6-4-3-5-7-16/h10,15-16H,3-9,11-12,19H2,1-2H3/t15-/m1/s1. The highest BCUT2D eigenvalue weighted by atomic mass is 16.2.